The van der Waals surface area contributed by atoms with Gasteiger partial charge in [-0.3, -0.25) is 4.79 Å². The van der Waals surface area contributed by atoms with Crippen molar-refractivity contribution >= 4 is 17.7 Å². The van der Waals surface area contributed by atoms with Crippen LogP contribution in [0.5, 0.6) is 5.75 Å². The van der Waals surface area contributed by atoms with Gasteiger partial charge in [0, 0.05) is 18.0 Å². The number of amides is 1. The van der Waals surface area contributed by atoms with E-state index in [-0.39, 0.29) is 12.0 Å². The Kier molecular flexibility index (Phi) is 5.17. The third kappa shape index (κ3) is 3.83. The SMILES string of the molecule is COc1cccc(SCC(=O)N(C)C2C[C@H]3CC(O)C[C@H]3C2)c1. The van der Waals surface area contributed by atoms with Gasteiger partial charge in [0.2, 0.25) is 5.91 Å². The number of ether oxygens (including phenoxy) is 1. The number of hydrogen-bond donors (Lipinski definition) is 1. The van der Waals surface area contributed by atoms with E-state index in [2.05, 4.69) is 0 Å². The molecule has 4 nitrogen and oxygen atoms in total. The summed E-state index contributed by atoms with van der Waals surface area (Å²) in [5.74, 6) is 2.67. The van der Waals surface area contributed by atoms with Crippen LogP contribution in [0, 0.1) is 11.8 Å². The van der Waals surface area contributed by atoms with E-state index in [0.717, 1.165) is 36.3 Å². The molecule has 1 amide bonds. The number of thioether (sulfide) groups is 1. The molecule has 1 N–H and O–H groups in total. The minimum absolute atomic E-state index is 0.115. The van der Waals surface area contributed by atoms with Crippen molar-refractivity contribution in [3.05, 3.63) is 24.3 Å². The Balaban J connectivity index is 1.50. The van der Waals surface area contributed by atoms with Crippen molar-refractivity contribution in [3.63, 3.8) is 0 Å². The highest BCUT2D eigenvalue weighted by Gasteiger charge is 2.42. The summed E-state index contributed by atoms with van der Waals surface area (Å²) in [4.78, 5) is 15.4. The van der Waals surface area contributed by atoms with Crippen molar-refractivity contribution in [2.75, 3.05) is 19.9 Å². The quantitative estimate of drug-likeness (QED) is 0.841. The Labute approximate surface area is 142 Å². The zero-order chi connectivity index (χ0) is 16.4. The molecule has 2 unspecified atom stereocenters. The molecule has 4 atom stereocenters. The van der Waals surface area contributed by atoms with Gasteiger partial charge in [-0.15, -0.1) is 11.8 Å². The van der Waals surface area contributed by atoms with Crippen LogP contribution in [-0.2, 0) is 4.79 Å². The minimum atomic E-state index is -0.115. The number of benzene rings is 1. The number of methoxy groups -OCH3 is 1. The second-order valence-corrected chi connectivity index (χ2v) is 7.79. The number of aliphatic hydroxyl groups is 1. The normalized spacial score (nSPS) is 29.3. The van der Waals surface area contributed by atoms with E-state index in [1.807, 2.05) is 36.2 Å². The first kappa shape index (κ1) is 16.7. The third-order valence-corrected chi connectivity index (χ3v) is 6.29. The van der Waals surface area contributed by atoms with Gasteiger partial charge in [0.05, 0.1) is 19.0 Å². The van der Waals surface area contributed by atoms with Gasteiger partial charge in [0.1, 0.15) is 5.75 Å². The number of nitrogens with zero attached hydrogens (tertiary/aromatic N) is 1. The summed E-state index contributed by atoms with van der Waals surface area (Å²) in [6.07, 6.45) is 3.82. The number of carbonyl (C=O) groups is 1. The van der Waals surface area contributed by atoms with E-state index in [0.29, 0.717) is 23.6 Å². The highest BCUT2D eigenvalue weighted by atomic mass is 32.2. The highest BCUT2D eigenvalue weighted by Crippen LogP contribution is 2.45. The Morgan fingerprint density at radius 3 is 2.65 bits per heavy atom. The predicted molar refractivity (Wildman–Crippen MR) is 91.7 cm³/mol. The lowest BCUT2D eigenvalue weighted by Crippen LogP contribution is -2.37. The van der Waals surface area contributed by atoms with Gasteiger partial charge >= 0.3 is 0 Å². The van der Waals surface area contributed by atoms with Gasteiger partial charge in [-0.1, -0.05) is 6.07 Å². The van der Waals surface area contributed by atoms with E-state index < -0.39 is 0 Å². The van der Waals surface area contributed by atoms with Crippen molar-refractivity contribution in [3.8, 4) is 5.75 Å². The van der Waals surface area contributed by atoms with Crippen LogP contribution in [0.15, 0.2) is 29.2 Å². The lowest BCUT2D eigenvalue weighted by molar-refractivity contribution is -0.129. The lowest BCUT2D eigenvalue weighted by atomic mass is 10.0. The average Bonchev–Trinajstić information content (AvgIpc) is 3.09. The van der Waals surface area contributed by atoms with Crippen molar-refractivity contribution in [1.29, 1.82) is 0 Å². The second kappa shape index (κ2) is 7.14. The third-order valence-electron chi connectivity index (χ3n) is 5.31. The Hall–Kier alpha value is -1.20. The fourth-order valence-electron chi connectivity index (χ4n) is 4.01. The van der Waals surface area contributed by atoms with Gasteiger partial charge in [-0.05, 0) is 55.7 Å². The molecule has 0 aromatic heterocycles. The molecule has 2 aliphatic carbocycles. The number of fused-ring (bicyclic) bond motifs is 1. The van der Waals surface area contributed by atoms with Crippen molar-refractivity contribution in [2.24, 2.45) is 11.8 Å². The maximum Gasteiger partial charge on any atom is 0.232 e. The smallest absolute Gasteiger partial charge is 0.232 e. The lowest BCUT2D eigenvalue weighted by Gasteiger charge is -2.25. The molecule has 1 aromatic rings. The van der Waals surface area contributed by atoms with E-state index >= 15 is 0 Å². The fraction of sp³-hybridized carbons (Fsp3) is 0.611. The second-order valence-electron chi connectivity index (χ2n) is 6.74. The van der Waals surface area contributed by atoms with Crippen molar-refractivity contribution in [1.82, 2.24) is 4.90 Å². The van der Waals surface area contributed by atoms with Crippen LogP contribution in [0.4, 0.5) is 0 Å². The maximum absolute atomic E-state index is 12.5. The summed E-state index contributed by atoms with van der Waals surface area (Å²) in [6.45, 7) is 0. The number of aliphatic hydroxyl groups excluding tert-OH is 1. The van der Waals surface area contributed by atoms with Crippen LogP contribution in [0.1, 0.15) is 25.7 Å². The number of carbonyl (C=O) groups excluding carboxylic acids is 1. The summed E-state index contributed by atoms with van der Waals surface area (Å²) >= 11 is 1.56. The molecule has 5 heteroatoms. The molecule has 2 aliphatic rings. The van der Waals surface area contributed by atoms with Crippen LogP contribution < -0.4 is 4.74 Å². The Bertz CT molecular complexity index is 551. The first-order chi connectivity index (χ1) is 11.1. The van der Waals surface area contributed by atoms with E-state index in [1.165, 1.54) is 0 Å². The number of hydrogen-bond acceptors (Lipinski definition) is 4. The molecule has 0 aliphatic heterocycles. The first-order valence-electron chi connectivity index (χ1n) is 8.27. The van der Waals surface area contributed by atoms with Gasteiger partial charge in [-0.2, -0.15) is 0 Å². The first-order valence-corrected chi connectivity index (χ1v) is 9.26. The summed E-state index contributed by atoms with van der Waals surface area (Å²) in [5, 5.41) is 9.73. The van der Waals surface area contributed by atoms with Crippen LogP contribution in [0.25, 0.3) is 0 Å². The van der Waals surface area contributed by atoms with Gasteiger partial charge in [0.15, 0.2) is 0 Å². The molecule has 0 radical (unpaired) electrons. The highest BCUT2D eigenvalue weighted by molar-refractivity contribution is 8.00. The molecule has 23 heavy (non-hydrogen) atoms. The minimum Gasteiger partial charge on any atom is -0.497 e. The average molecular weight is 335 g/mol. The molecule has 126 valence electrons. The molecule has 0 spiro atoms. The largest absolute Gasteiger partial charge is 0.497 e. The molecule has 0 saturated heterocycles. The van der Waals surface area contributed by atoms with Crippen molar-refractivity contribution in [2.45, 2.75) is 42.7 Å². The van der Waals surface area contributed by atoms with Gasteiger partial charge in [-0.25, -0.2) is 0 Å². The van der Waals surface area contributed by atoms with Crippen LogP contribution in [0.3, 0.4) is 0 Å². The zero-order valence-electron chi connectivity index (χ0n) is 13.8. The summed E-state index contributed by atoms with van der Waals surface area (Å²) < 4.78 is 5.21. The molecular weight excluding hydrogens is 310 g/mol. The van der Waals surface area contributed by atoms with Crippen LogP contribution in [-0.4, -0.2) is 48.0 Å². The standard InChI is InChI=1S/C18H25NO3S/c1-19(14-6-12-8-15(20)9-13(12)7-14)18(21)11-23-17-5-3-4-16(10-17)22-2/h3-5,10,12-15,20H,6-9,11H2,1-2H3/t12-,13+,14?,15?. The summed E-state index contributed by atoms with van der Waals surface area (Å²) in [5.41, 5.74) is 0. The Morgan fingerprint density at radius 2 is 2.00 bits per heavy atom. The van der Waals surface area contributed by atoms with Crippen LogP contribution in [0.2, 0.25) is 0 Å². The molecule has 0 heterocycles. The maximum atomic E-state index is 12.5. The van der Waals surface area contributed by atoms with E-state index in [1.54, 1.807) is 18.9 Å². The molecule has 0 bridgehead atoms. The van der Waals surface area contributed by atoms with Crippen molar-refractivity contribution < 1.29 is 14.6 Å². The Morgan fingerprint density at radius 1 is 1.30 bits per heavy atom. The van der Waals surface area contributed by atoms with Crippen LogP contribution >= 0.6 is 11.8 Å². The molecule has 2 fully saturated rings. The van der Waals surface area contributed by atoms with Gasteiger partial charge in [0.25, 0.3) is 0 Å². The summed E-state index contributed by atoms with van der Waals surface area (Å²) in [6, 6.07) is 8.15. The molecular formula is C18H25NO3S. The zero-order valence-corrected chi connectivity index (χ0v) is 14.6. The number of rotatable bonds is 5. The molecule has 2 saturated carbocycles. The molecule has 1 aromatic carbocycles. The summed E-state index contributed by atoms with van der Waals surface area (Å²) in [7, 11) is 3.58. The fourth-order valence-corrected chi connectivity index (χ4v) is 4.88. The molecule has 3 rings (SSSR count). The predicted octanol–water partition coefficient (Wildman–Crippen LogP) is 2.80. The topological polar surface area (TPSA) is 49.8 Å². The monoisotopic (exact) mass is 335 g/mol. The van der Waals surface area contributed by atoms with Gasteiger partial charge < -0.3 is 14.7 Å². The van der Waals surface area contributed by atoms with E-state index in [4.69, 9.17) is 4.74 Å². The van der Waals surface area contributed by atoms with E-state index in [9.17, 15) is 9.90 Å².